The first-order chi connectivity index (χ1) is 17.2. The van der Waals surface area contributed by atoms with Crippen molar-refractivity contribution in [1.82, 2.24) is 5.16 Å². The highest BCUT2D eigenvalue weighted by molar-refractivity contribution is 6.39. The van der Waals surface area contributed by atoms with Crippen molar-refractivity contribution in [3.63, 3.8) is 0 Å². The van der Waals surface area contributed by atoms with Gasteiger partial charge in [-0.3, -0.25) is 4.79 Å². The molecule has 2 aromatic carbocycles. The van der Waals surface area contributed by atoms with Gasteiger partial charge in [-0.15, -0.1) is 0 Å². The smallest absolute Gasteiger partial charge is 0.307 e. The monoisotopic (exact) mass is 533 g/mol. The Morgan fingerprint density at radius 3 is 2.47 bits per heavy atom. The molecule has 9 heteroatoms. The number of hydrogen-bond acceptors (Lipinski definition) is 5. The van der Waals surface area contributed by atoms with Gasteiger partial charge < -0.3 is 19.5 Å². The summed E-state index contributed by atoms with van der Waals surface area (Å²) in [5.41, 5.74) is 1.26. The number of aliphatic carboxylic acids is 1. The third-order valence-electron chi connectivity index (χ3n) is 7.08. The fraction of sp³-hybridized carbons (Fsp3) is 0.407. The normalized spacial score (nSPS) is 22.1. The average molecular weight is 534 g/mol. The highest BCUT2D eigenvalue weighted by Gasteiger charge is 2.38. The van der Waals surface area contributed by atoms with Crippen LogP contribution in [0.3, 0.4) is 0 Å². The van der Waals surface area contributed by atoms with Crippen LogP contribution in [0.2, 0.25) is 10.0 Å². The van der Waals surface area contributed by atoms with Crippen molar-refractivity contribution in [2.75, 3.05) is 0 Å². The lowest BCUT2D eigenvalue weighted by Gasteiger charge is -2.36. The van der Waals surface area contributed by atoms with Crippen LogP contribution in [-0.4, -0.2) is 27.4 Å². The van der Waals surface area contributed by atoms with Crippen LogP contribution >= 0.6 is 23.2 Å². The van der Waals surface area contributed by atoms with E-state index in [0.717, 1.165) is 24.2 Å². The average Bonchev–Trinajstić information content (AvgIpc) is 3.60. The number of nitrogens with zero attached hydrogens (tertiary/aromatic N) is 1. The van der Waals surface area contributed by atoms with Crippen molar-refractivity contribution in [1.29, 1.82) is 0 Å². The molecule has 2 aliphatic carbocycles. The molecule has 0 aliphatic heterocycles. The van der Waals surface area contributed by atoms with Gasteiger partial charge in [-0.2, -0.15) is 0 Å². The van der Waals surface area contributed by atoms with Crippen LogP contribution < -0.4 is 0 Å². The van der Waals surface area contributed by atoms with Crippen molar-refractivity contribution in [2.45, 2.75) is 69.2 Å². The number of rotatable bonds is 8. The van der Waals surface area contributed by atoms with Gasteiger partial charge in [0.15, 0.2) is 0 Å². The van der Waals surface area contributed by atoms with Crippen LogP contribution in [-0.2, 0) is 28.2 Å². The Morgan fingerprint density at radius 1 is 1.14 bits per heavy atom. The lowest BCUT2D eigenvalue weighted by atomic mass is 9.78. The molecule has 190 valence electrons. The third-order valence-corrected chi connectivity index (χ3v) is 7.71. The Kier molecular flexibility index (Phi) is 7.10. The lowest BCUT2D eigenvalue weighted by molar-refractivity contribution is -0.136. The standard InChI is InChI=1S/C27H26Cl2FNO5/c28-20-2-1-3-21(29)24(20)25-18(26(36-31-25)16-5-6-16)14-35-17-8-10-27(34,11-9-17)19-12-15(13-23(32)33)4-7-22(19)30/h1-4,7,12,16-17,34H,5-6,8-11,13-14H2,(H,32,33). The minimum atomic E-state index is -1.37. The highest BCUT2D eigenvalue weighted by Crippen LogP contribution is 2.46. The summed E-state index contributed by atoms with van der Waals surface area (Å²) < 4.78 is 26.5. The molecule has 0 radical (unpaired) electrons. The van der Waals surface area contributed by atoms with Gasteiger partial charge in [0.25, 0.3) is 0 Å². The summed E-state index contributed by atoms with van der Waals surface area (Å²) in [5, 5.41) is 25.5. The molecule has 2 fully saturated rings. The predicted molar refractivity (Wildman–Crippen MR) is 133 cm³/mol. The van der Waals surface area contributed by atoms with Crippen LogP contribution in [0.5, 0.6) is 0 Å². The summed E-state index contributed by atoms with van der Waals surface area (Å²) in [5.74, 6) is -0.437. The highest BCUT2D eigenvalue weighted by atomic mass is 35.5. The van der Waals surface area contributed by atoms with Gasteiger partial charge in [0.1, 0.15) is 17.3 Å². The quantitative estimate of drug-likeness (QED) is 0.337. The van der Waals surface area contributed by atoms with Crippen LogP contribution in [0.25, 0.3) is 11.3 Å². The Labute approximate surface area is 218 Å². The van der Waals surface area contributed by atoms with Gasteiger partial charge in [-0.1, -0.05) is 40.5 Å². The molecule has 1 aromatic heterocycles. The first-order valence-electron chi connectivity index (χ1n) is 12.0. The van der Waals surface area contributed by atoms with Gasteiger partial charge in [-0.25, -0.2) is 4.39 Å². The number of halogens is 3. The van der Waals surface area contributed by atoms with Crippen LogP contribution in [0.1, 0.15) is 66.9 Å². The summed E-state index contributed by atoms with van der Waals surface area (Å²) in [6.07, 6.45) is 3.32. The lowest BCUT2D eigenvalue weighted by Crippen LogP contribution is -2.35. The largest absolute Gasteiger partial charge is 0.481 e. The molecule has 36 heavy (non-hydrogen) atoms. The summed E-state index contributed by atoms with van der Waals surface area (Å²) in [6, 6.07) is 9.40. The van der Waals surface area contributed by atoms with Gasteiger partial charge in [-0.05, 0) is 68.4 Å². The predicted octanol–water partition coefficient (Wildman–Crippen LogP) is 6.64. The molecule has 2 N–H and O–H groups in total. The number of carboxylic acid groups (broad SMARTS) is 1. The minimum absolute atomic E-state index is 0.144. The number of aromatic nitrogens is 1. The van der Waals surface area contributed by atoms with E-state index < -0.39 is 17.4 Å². The molecule has 0 atom stereocenters. The Bertz CT molecular complexity index is 1260. The van der Waals surface area contributed by atoms with Gasteiger partial charge in [0.2, 0.25) is 0 Å². The van der Waals surface area contributed by atoms with E-state index in [2.05, 4.69) is 5.16 Å². The van der Waals surface area contributed by atoms with E-state index in [1.165, 1.54) is 18.2 Å². The van der Waals surface area contributed by atoms with E-state index in [4.69, 9.17) is 37.6 Å². The number of aliphatic hydroxyl groups is 1. The van der Waals surface area contributed by atoms with Crippen LogP contribution in [0.15, 0.2) is 40.9 Å². The van der Waals surface area contributed by atoms with Crippen molar-refractivity contribution in [3.8, 4) is 11.3 Å². The number of hydrogen-bond donors (Lipinski definition) is 2. The number of ether oxygens (including phenoxy) is 1. The van der Waals surface area contributed by atoms with Crippen molar-refractivity contribution in [3.05, 3.63) is 74.7 Å². The minimum Gasteiger partial charge on any atom is -0.481 e. The van der Waals surface area contributed by atoms with Gasteiger partial charge in [0.05, 0.1) is 34.8 Å². The number of benzene rings is 2. The zero-order valence-electron chi connectivity index (χ0n) is 19.5. The summed E-state index contributed by atoms with van der Waals surface area (Å²) >= 11 is 12.9. The molecule has 0 saturated heterocycles. The molecule has 3 aromatic rings. The molecule has 2 saturated carbocycles. The second-order valence-electron chi connectivity index (χ2n) is 9.67. The fourth-order valence-corrected chi connectivity index (χ4v) is 5.54. The summed E-state index contributed by atoms with van der Waals surface area (Å²) in [7, 11) is 0. The zero-order chi connectivity index (χ0) is 25.4. The van der Waals surface area contributed by atoms with Crippen molar-refractivity contribution in [2.24, 2.45) is 0 Å². The molecule has 5 rings (SSSR count). The SMILES string of the molecule is O=C(O)Cc1ccc(F)c(C2(O)CCC(OCc3c(-c4c(Cl)cccc4Cl)noc3C3CC3)CC2)c1. The molecule has 0 amide bonds. The molecule has 0 unspecified atom stereocenters. The zero-order valence-corrected chi connectivity index (χ0v) is 21.0. The van der Waals surface area contributed by atoms with E-state index >= 15 is 0 Å². The van der Waals surface area contributed by atoms with E-state index in [1.54, 1.807) is 18.2 Å². The third kappa shape index (κ3) is 5.16. The van der Waals surface area contributed by atoms with Gasteiger partial charge in [0, 0.05) is 22.6 Å². The topological polar surface area (TPSA) is 92.8 Å². The van der Waals surface area contributed by atoms with E-state index in [0.29, 0.717) is 58.5 Å². The maximum atomic E-state index is 14.6. The first kappa shape index (κ1) is 25.2. The van der Waals surface area contributed by atoms with Crippen LogP contribution in [0.4, 0.5) is 4.39 Å². The summed E-state index contributed by atoms with van der Waals surface area (Å²) in [6.45, 7) is 0.262. The molecule has 6 nitrogen and oxygen atoms in total. The second kappa shape index (κ2) is 10.1. The fourth-order valence-electron chi connectivity index (χ4n) is 4.97. The molecule has 2 aliphatic rings. The van der Waals surface area contributed by atoms with Gasteiger partial charge >= 0.3 is 5.97 Å². The van der Waals surface area contributed by atoms with Crippen molar-refractivity contribution < 1.29 is 28.7 Å². The molecule has 1 heterocycles. The number of carboxylic acids is 1. The first-order valence-corrected chi connectivity index (χ1v) is 12.8. The Morgan fingerprint density at radius 2 is 1.83 bits per heavy atom. The molecular formula is C27H26Cl2FNO5. The number of carbonyl (C=O) groups is 1. The molecule has 0 bridgehead atoms. The van der Waals surface area contributed by atoms with Crippen molar-refractivity contribution >= 4 is 29.2 Å². The summed E-state index contributed by atoms with van der Waals surface area (Å²) in [4.78, 5) is 11.1. The van der Waals surface area contributed by atoms with E-state index in [1.807, 2.05) is 0 Å². The van der Waals surface area contributed by atoms with Crippen LogP contribution in [0, 0.1) is 5.82 Å². The molecule has 0 spiro atoms. The second-order valence-corrected chi connectivity index (χ2v) is 10.5. The Hall–Kier alpha value is -2.45. The Balaban J connectivity index is 1.30. The molecular weight excluding hydrogens is 508 g/mol. The van der Waals surface area contributed by atoms with E-state index in [-0.39, 0.29) is 24.7 Å². The maximum Gasteiger partial charge on any atom is 0.307 e. The van der Waals surface area contributed by atoms with E-state index in [9.17, 15) is 14.3 Å². The maximum absolute atomic E-state index is 14.6.